The molecule has 0 aliphatic heterocycles. The molecule has 39 heavy (non-hydrogen) atoms. The van der Waals surface area contributed by atoms with Crippen LogP contribution in [0.25, 0.3) is 20.8 Å². The molecule has 1 aromatic heterocycles. The Labute approximate surface area is 221 Å². The van der Waals surface area contributed by atoms with Crippen LogP contribution >= 0.6 is 11.3 Å². The monoisotopic (exact) mass is 557 g/mol. The van der Waals surface area contributed by atoms with E-state index in [0.29, 0.717) is 27.9 Å². The van der Waals surface area contributed by atoms with Crippen LogP contribution in [0.1, 0.15) is 22.3 Å². The largest absolute Gasteiger partial charge is 0.432 e. The Balaban J connectivity index is 1.44. The van der Waals surface area contributed by atoms with Crippen LogP contribution in [0.15, 0.2) is 66.7 Å². The minimum Gasteiger partial charge on any atom is -0.429 e. The summed E-state index contributed by atoms with van der Waals surface area (Å²) in [5.41, 5.74) is 1.22. The second-order valence-electron chi connectivity index (χ2n) is 8.45. The van der Waals surface area contributed by atoms with Crippen molar-refractivity contribution in [2.75, 3.05) is 0 Å². The molecule has 0 fully saturated rings. The number of rotatable bonds is 4. The SMILES string of the molecule is Cc1ccc(C#Cc2ccc3nc(-c4cc(F)c(C(F)(F)Oc5cc(F)c(F)c(F)c5)c(F)c4)sc3c2)cc1. The summed E-state index contributed by atoms with van der Waals surface area (Å²) in [5, 5.41) is 0.157. The van der Waals surface area contributed by atoms with E-state index in [1.807, 2.05) is 31.2 Å². The van der Waals surface area contributed by atoms with Crippen molar-refractivity contribution in [2.24, 2.45) is 0 Å². The minimum absolute atomic E-state index is 0.114. The summed E-state index contributed by atoms with van der Waals surface area (Å²) < 4.78 is 103. The van der Waals surface area contributed by atoms with Gasteiger partial charge in [0.2, 0.25) is 0 Å². The third kappa shape index (κ3) is 5.45. The molecule has 0 aliphatic carbocycles. The molecule has 0 spiro atoms. The van der Waals surface area contributed by atoms with Gasteiger partial charge in [-0.15, -0.1) is 11.3 Å². The topological polar surface area (TPSA) is 22.1 Å². The van der Waals surface area contributed by atoms with Gasteiger partial charge in [-0.05, 0) is 49.4 Å². The average molecular weight is 557 g/mol. The van der Waals surface area contributed by atoms with E-state index in [1.165, 1.54) is 0 Å². The molecule has 5 aromatic rings. The van der Waals surface area contributed by atoms with Gasteiger partial charge in [-0.2, -0.15) is 8.78 Å². The molecule has 10 heteroatoms. The average Bonchev–Trinajstić information content (AvgIpc) is 3.29. The quantitative estimate of drug-likeness (QED) is 0.126. The number of fused-ring (bicyclic) bond motifs is 1. The third-order valence-electron chi connectivity index (χ3n) is 5.57. The smallest absolute Gasteiger partial charge is 0.429 e. The first kappa shape index (κ1) is 26.3. The highest BCUT2D eigenvalue weighted by molar-refractivity contribution is 7.21. The van der Waals surface area contributed by atoms with E-state index in [9.17, 15) is 30.7 Å². The fourth-order valence-corrected chi connectivity index (χ4v) is 4.66. The van der Waals surface area contributed by atoms with Gasteiger partial charge in [0.25, 0.3) is 0 Å². The van der Waals surface area contributed by atoms with Crippen molar-refractivity contribution in [3.8, 4) is 28.2 Å². The van der Waals surface area contributed by atoms with E-state index >= 15 is 0 Å². The number of nitrogens with zero attached hydrogens (tertiary/aromatic N) is 1. The fraction of sp³-hybridized carbons (Fsp3) is 0.0690. The lowest BCUT2D eigenvalue weighted by atomic mass is 10.1. The van der Waals surface area contributed by atoms with E-state index in [1.54, 1.807) is 18.2 Å². The van der Waals surface area contributed by atoms with Crippen LogP contribution in [-0.4, -0.2) is 4.98 Å². The molecular formula is C29H14F7NOS. The van der Waals surface area contributed by atoms with Gasteiger partial charge in [-0.1, -0.05) is 29.5 Å². The van der Waals surface area contributed by atoms with Crippen molar-refractivity contribution in [3.63, 3.8) is 0 Å². The predicted octanol–water partition coefficient (Wildman–Crippen LogP) is 8.50. The van der Waals surface area contributed by atoms with Crippen LogP contribution < -0.4 is 4.74 Å². The maximum absolute atomic E-state index is 14.8. The van der Waals surface area contributed by atoms with Crippen molar-refractivity contribution < 1.29 is 35.5 Å². The van der Waals surface area contributed by atoms with E-state index in [0.717, 1.165) is 22.5 Å². The van der Waals surface area contributed by atoms with E-state index in [2.05, 4.69) is 21.6 Å². The first-order chi connectivity index (χ1) is 18.5. The van der Waals surface area contributed by atoms with Crippen molar-refractivity contribution in [3.05, 3.63) is 118 Å². The molecular weight excluding hydrogens is 543 g/mol. The Hall–Kier alpha value is -4.36. The Kier molecular flexibility index (Phi) is 6.78. The van der Waals surface area contributed by atoms with Crippen molar-refractivity contribution in [1.82, 2.24) is 4.98 Å². The maximum Gasteiger partial charge on any atom is 0.432 e. The lowest BCUT2D eigenvalue weighted by Crippen LogP contribution is -2.25. The Morgan fingerprint density at radius 3 is 1.97 bits per heavy atom. The lowest BCUT2D eigenvalue weighted by Gasteiger charge is -2.20. The zero-order valence-corrected chi connectivity index (χ0v) is 20.6. The van der Waals surface area contributed by atoms with Crippen LogP contribution in [0, 0.1) is 47.9 Å². The zero-order valence-electron chi connectivity index (χ0n) is 19.8. The van der Waals surface area contributed by atoms with Crippen LogP contribution in [0.4, 0.5) is 30.7 Å². The molecule has 0 radical (unpaired) electrons. The van der Waals surface area contributed by atoms with Gasteiger partial charge in [-0.3, -0.25) is 0 Å². The van der Waals surface area contributed by atoms with E-state index < -0.39 is 46.5 Å². The van der Waals surface area contributed by atoms with Crippen molar-refractivity contribution in [1.29, 1.82) is 0 Å². The highest BCUT2D eigenvalue weighted by Gasteiger charge is 2.41. The first-order valence-electron chi connectivity index (χ1n) is 11.2. The lowest BCUT2D eigenvalue weighted by molar-refractivity contribution is -0.189. The number of aromatic nitrogens is 1. The predicted molar refractivity (Wildman–Crippen MR) is 133 cm³/mol. The van der Waals surface area contributed by atoms with Crippen molar-refractivity contribution in [2.45, 2.75) is 13.0 Å². The second kappa shape index (κ2) is 10.1. The van der Waals surface area contributed by atoms with Gasteiger partial charge < -0.3 is 4.74 Å². The zero-order chi connectivity index (χ0) is 27.9. The summed E-state index contributed by atoms with van der Waals surface area (Å²) in [6, 6.07) is 14.4. The van der Waals surface area contributed by atoms with Gasteiger partial charge in [0.1, 0.15) is 28.0 Å². The van der Waals surface area contributed by atoms with Gasteiger partial charge >= 0.3 is 6.11 Å². The van der Waals surface area contributed by atoms with Crippen LogP contribution in [0.5, 0.6) is 5.75 Å². The minimum atomic E-state index is -4.68. The van der Waals surface area contributed by atoms with Gasteiger partial charge in [-0.25, -0.2) is 26.9 Å². The molecule has 0 aliphatic rings. The Morgan fingerprint density at radius 2 is 1.33 bits per heavy atom. The van der Waals surface area contributed by atoms with Crippen LogP contribution in [-0.2, 0) is 6.11 Å². The standard InChI is InChI=1S/C29H14F7NOS/c1-15-2-4-16(5-3-15)6-7-17-8-9-24-25(10-17)39-28(37-24)18-11-20(30)26(21(31)12-18)29(35,36)38-19-13-22(32)27(34)23(33)14-19/h2-5,8-14H,1H3. The van der Waals surface area contributed by atoms with Crippen molar-refractivity contribution >= 4 is 21.6 Å². The highest BCUT2D eigenvalue weighted by Crippen LogP contribution is 2.39. The van der Waals surface area contributed by atoms with Gasteiger partial charge in [0, 0.05) is 28.8 Å². The molecule has 0 unspecified atom stereocenters. The summed E-state index contributed by atoms with van der Waals surface area (Å²) in [6.45, 7) is 1.97. The number of thiazole rings is 1. The molecule has 0 bridgehead atoms. The summed E-state index contributed by atoms with van der Waals surface area (Å²) in [6.07, 6.45) is -4.68. The molecule has 2 nitrogen and oxygen atoms in total. The molecule has 0 saturated carbocycles. The Bertz CT molecular complexity index is 1740. The Morgan fingerprint density at radius 1 is 0.744 bits per heavy atom. The molecule has 0 atom stereocenters. The van der Waals surface area contributed by atoms with Crippen LogP contribution in [0.3, 0.4) is 0 Å². The maximum atomic E-state index is 14.8. The number of ether oxygens (including phenoxy) is 1. The number of benzene rings is 4. The molecule has 196 valence electrons. The second-order valence-corrected chi connectivity index (χ2v) is 9.48. The van der Waals surface area contributed by atoms with E-state index in [4.69, 9.17) is 0 Å². The summed E-state index contributed by atoms with van der Waals surface area (Å²) >= 11 is 1.08. The first-order valence-corrected chi connectivity index (χ1v) is 12.0. The summed E-state index contributed by atoms with van der Waals surface area (Å²) in [5.74, 6) is -3.96. The number of halogens is 7. The normalized spacial score (nSPS) is 11.4. The number of hydrogen-bond acceptors (Lipinski definition) is 3. The van der Waals surface area contributed by atoms with E-state index in [-0.39, 0.29) is 22.7 Å². The molecule has 4 aromatic carbocycles. The fourth-order valence-electron chi connectivity index (χ4n) is 3.67. The molecule has 5 rings (SSSR count). The molecule has 0 saturated heterocycles. The summed E-state index contributed by atoms with van der Waals surface area (Å²) in [7, 11) is 0. The summed E-state index contributed by atoms with van der Waals surface area (Å²) in [4.78, 5) is 4.32. The number of aryl methyl sites for hydroxylation is 1. The molecule has 0 N–H and O–H groups in total. The van der Waals surface area contributed by atoms with Gasteiger partial charge in [0.15, 0.2) is 17.5 Å². The van der Waals surface area contributed by atoms with Crippen LogP contribution in [0.2, 0.25) is 0 Å². The number of alkyl halides is 2. The number of hydrogen-bond donors (Lipinski definition) is 0. The third-order valence-corrected chi connectivity index (χ3v) is 6.64. The molecule has 1 heterocycles. The molecule has 0 amide bonds. The van der Waals surface area contributed by atoms with Gasteiger partial charge in [0.05, 0.1) is 10.2 Å². The highest BCUT2D eigenvalue weighted by atomic mass is 32.1.